The standard InChI is InChI=1S/C23H28N4O6/c1-23(2,3)33-22(32)24-13-8-10-26(11-9-13)14-4-5-15-16(12-14)21(31)27(20(15)30)17-6-7-18(28)25-19(17)29/h4-5,12-13,17H,6-11H2,1-3H3,(H,24,32)(H,25,28,29). The number of carbonyl (C=O) groups excluding carboxylic acids is 5. The fourth-order valence-electron chi connectivity index (χ4n) is 4.41. The summed E-state index contributed by atoms with van der Waals surface area (Å²) in [6, 6.07) is 4.11. The van der Waals surface area contributed by atoms with E-state index < -0.39 is 41.4 Å². The molecule has 10 nitrogen and oxygen atoms in total. The number of piperidine rings is 2. The molecule has 0 aliphatic carbocycles. The molecule has 10 heteroatoms. The molecule has 0 aromatic heterocycles. The van der Waals surface area contributed by atoms with E-state index in [1.54, 1.807) is 18.2 Å². The average Bonchev–Trinajstić information content (AvgIpc) is 2.97. The number of benzene rings is 1. The number of hydrogen-bond donors (Lipinski definition) is 2. The van der Waals surface area contributed by atoms with Gasteiger partial charge >= 0.3 is 6.09 Å². The number of imide groups is 2. The van der Waals surface area contributed by atoms with E-state index >= 15 is 0 Å². The predicted octanol–water partition coefficient (Wildman–Crippen LogP) is 1.58. The van der Waals surface area contributed by atoms with Crippen molar-refractivity contribution in [3.63, 3.8) is 0 Å². The highest BCUT2D eigenvalue weighted by Gasteiger charge is 2.44. The Balaban J connectivity index is 1.41. The van der Waals surface area contributed by atoms with Crippen molar-refractivity contribution in [2.75, 3.05) is 18.0 Å². The lowest BCUT2D eigenvalue weighted by Crippen LogP contribution is -2.54. The molecule has 33 heavy (non-hydrogen) atoms. The Morgan fingerprint density at radius 2 is 1.70 bits per heavy atom. The second kappa shape index (κ2) is 8.49. The first-order chi connectivity index (χ1) is 15.5. The van der Waals surface area contributed by atoms with E-state index in [9.17, 15) is 24.0 Å². The lowest BCUT2D eigenvalue weighted by Gasteiger charge is -2.34. The third-order valence-corrected chi connectivity index (χ3v) is 6.00. The van der Waals surface area contributed by atoms with Crippen LogP contribution in [0.2, 0.25) is 0 Å². The topological polar surface area (TPSA) is 125 Å². The molecule has 0 bridgehead atoms. The summed E-state index contributed by atoms with van der Waals surface area (Å²) in [5, 5.41) is 5.09. The Morgan fingerprint density at radius 3 is 2.33 bits per heavy atom. The fraction of sp³-hybridized carbons (Fsp3) is 0.522. The molecule has 2 fully saturated rings. The van der Waals surface area contributed by atoms with Gasteiger partial charge in [-0.25, -0.2) is 4.79 Å². The van der Waals surface area contributed by atoms with Gasteiger partial charge in [-0.05, 0) is 58.2 Å². The zero-order valence-corrected chi connectivity index (χ0v) is 19.0. The molecule has 0 spiro atoms. The summed E-state index contributed by atoms with van der Waals surface area (Å²) in [5.41, 5.74) is 0.767. The minimum absolute atomic E-state index is 0.00301. The monoisotopic (exact) mass is 456 g/mol. The Hall–Kier alpha value is -3.43. The zero-order chi connectivity index (χ0) is 23.9. The molecule has 1 atom stereocenters. The van der Waals surface area contributed by atoms with Crippen molar-refractivity contribution in [1.82, 2.24) is 15.5 Å². The molecule has 176 valence electrons. The molecular weight excluding hydrogens is 428 g/mol. The van der Waals surface area contributed by atoms with Crippen LogP contribution >= 0.6 is 0 Å². The number of hydrogen-bond acceptors (Lipinski definition) is 7. The summed E-state index contributed by atoms with van der Waals surface area (Å²) >= 11 is 0. The predicted molar refractivity (Wildman–Crippen MR) is 118 cm³/mol. The maximum absolute atomic E-state index is 13.0. The molecule has 3 aliphatic heterocycles. The van der Waals surface area contributed by atoms with Crippen LogP contribution in [-0.4, -0.2) is 65.4 Å². The summed E-state index contributed by atoms with van der Waals surface area (Å²) < 4.78 is 5.31. The van der Waals surface area contributed by atoms with E-state index in [4.69, 9.17) is 4.74 Å². The van der Waals surface area contributed by atoms with Crippen LogP contribution in [0.15, 0.2) is 18.2 Å². The van der Waals surface area contributed by atoms with E-state index in [0.29, 0.717) is 25.9 Å². The van der Waals surface area contributed by atoms with Gasteiger partial charge < -0.3 is 15.0 Å². The highest BCUT2D eigenvalue weighted by molar-refractivity contribution is 6.23. The number of amides is 5. The molecule has 2 N–H and O–H groups in total. The van der Waals surface area contributed by atoms with E-state index in [-0.39, 0.29) is 30.0 Å². The Labute approximate surface area is 191 Å². The maximum Gasteiger partial charge on any atom is 0.407 e. The van der Waals surface area contributed by atoms with Crippen molar-refractivity contribution in [2.45, 2.75) is 64.1 Å². The first-order valence-corrected chi connectivity index (χ1v) is 11.1. The molecule has 3 aliphatic rings. The molecule has 0 radical (unpaired) electrons. The van der Waals surface area contributed by atoms with Gasteiger partial charge in [0.2, 0.25) is 11.8 Å². The Bertz CT molecular complexity index is 1020. The molecular formula is C23H28N4O6. The van der Waals surface area contributed by atoms with Gasteiger partial charge in [-0.1, -0.05) is 0 Å². The Morgan fingerprint density at radius 1 is 1.03 bits per heavy atom. The SMILES string of the molecule is CC(C)(C)OC(=O)NC1CCN(c2ccc3c(c2)C(=O)N(C2CCC(=O)NC2=O)C3=O)CC1. The van der Waals surface area contributed by atoms with E-state index in [0.717, 1.165) is 10.6 Å². The summed E-state index contributed by atoms with van der Waals surface area (Å²) in [6.07, 6.45) is 1.20. The molecule has 4 rings (SSSR count). The second-order valence-electron chi connectivity index (χ2n) is 9.58. The zero-order valence-electron chi connectivity index (χ0n) is 19.0. The Kier molecular flexibility index (Phi) is 5.85. The van der Waals surface area contributed by atoms with Gasteiger partial charge in [-0.2, -0.15) is 0 Å². The summed E-state index contributed by atoms with van der Waals surface area (Å²) in [5.74, 6) is -2.07. The molecule has 1 unspecified atom stereocenters. The number of nitrogens with zero attached hydrogens (tertiary/aromatic N) is 2. The van der Waals surface area contributed by atoms with Crippen LogP contribution in [0.25, 0.3) is 0 Å². The van der Waals surface area contributed by atoms with E-state index in [1.165, 1.54) is 0 Å². The quantitative estimate of drug-likeness (QED) is 0.662. The van der Waals surface area contributed by atoms with Gasteiger partial charge in [-0.15, -0.1) is 0 Å². The lowest BCUT2D eigenvalue weighted by atomic mass is 10.0. The summed E-state index contributed by atoms with van der Waals surface area (Å²) in [4.78, 5) is 64.6. The fourth-order valence-corrected chi connectivity index (χ4v) is 4.41. The summed E-state index contributed by atoms with van der Waals surface area (Å²) in [7, 11) is 0. The van der Waals surface area contributed by atoms with Crippen molar-refractivity contribution in [2.24, 2.45) is 0 Å². The van der Waals surface area contributed by atoms with Crippen LogP contribution in [0.4, 0.5) is 10.5 Å². The third kappa shape index (κ3) is 4.69. The van der Waals surface area contributed by atoms with Crippen molar-refractivity contribution in [1.29, 1.82) is 0 Å². The molecule has 3 heterocycles. The number of alkyl carbamates (subject to hydrolysis) is 1. The number of fused-ring (bicyclic) bond motifs is 1. The van der Waals surface area contributed by atoms with Crippen LogP contribution in [0, 0.1) is 0 Å². The van der Waals surface area contributed by atoms with Crippen LogP contribution in [0.1, 0.15) is 67.2 Å². The maximum atomic E-state index is 13.0. The van der Waals surface area contributed by atoms with Gasteiger partial charge in [-0.3, -0.25) is 29.4 Å². The van der Waals surface area contributed by atoms with Gasteiger partial charge in [0.05, 0.1) is 11.1 Å². The smallest absolute Gasteiger partial charge is 0.407 e. The molecule has 1 aromatic rings. The molecule has 5 amide bonds. The van der Waals surface area contributed by atoms with Crippen molar-refractivity contribution >= 4 is 35.4 Å². The largest absolute Gasteiger partial charge is 0.444 e. The van der Waals surface area contributed by atoms with E-state index in [1.807, 2.05) is 20.8 Å². The first-order valence-electron chi connectivity index (χ1n) is 11.1. The average molecular weight is 456 g/mol. The van der Waals surface area contributed by atoms with Gasteiger partial charge in [0, 0.05) is 31.2 Å². The molecule has 1 aromatic carbocycles. The lowest BCUT2D eigenvalue weighted by molar-refractivity contribution is -0.136. The van der Waals surface area contributed by atoms with Crippen LogP contribution in [0.5, 0.6) is 0 Å². The number of ether oxygens (including phenoxy) is 1. The number of anilines is 1. The third-order valence-electron chi connectivity index (χ3n) is 6.00. The van der Waals surface area contributed by atoms with E-state index in [2.05, 4.69) is 15.5 Å². The summed E-state index contributed by atoms with van der Waals surface area (Å²) in [6.45, 7) is 6.78. The highest BCUT2D eigenvalue weighted by Crippen LogP contribution is 2.31. The van der Waals surface area contributed by atoms with Crippen LogP contribution < -0.4 is 15.5 Å². The number of carbonyl (C=O) groups is 5. The van der Waals surface area contributed by atoms with Gasteiger partial charge in [0.15, 0.2) is 0 Å². The van der Waals surface area contributed by atoms with Crippen LogP contribution in [0.3, 0.4) is 0 Å². The highest BCUT2D eigenvalue weighted by atomic mass is 16.6. The molecule has 0 saturated carbocycles. The first kappa shape index (κ1) is 22.8. The number of nitrogens with one attached hydrogen (secondary N) is 2. The van der Waals surface area contributed by atoms with Gasteiger partial charge in [0.25, 0.3) is 11.8 Å². The number of rotatable bonds is 3. The minimum atomic E-state index is -0.978. The minimum Gasteiger partial charge on any atom is -0.444 e. The van der Waals surface area contributed by atoms with Crippen LogP contribution in [-0.2, 0) is 14.3 Å². The normalized spacial score (nSPS) is 21.7. The van der Waals surface area contributed by atoms with Gasteiger partial charge in [0.1, 0.15) is 11.6 Å². The van der Waals surface area contributed by atoms with Crippen molar-refractivity contribution < 1.29 is 28.7 Å². The second-order valence-corrected chi connectivity index (χ2v) is 9.58. The van der Waals surface area contributed by atoms with Crippen molar-refractivity contribution in [3.05, 3.63) is 29.3 Å². The van der Waals surface area contributed by atoms with Crippen molar-refractivity contribution in [3.8, 4) is 0 Å². The molecule has 2 saturated heterocycles.